The third kappa shape index (κ3) is 65.6. The SMILES string of the molecule is C.C=CC(=C)C.CC(=O)Cl.CC(=O)O.CC(=O)OCC(CC(C)=CCON1C(C)(C)CCCC1(C)C)c1ccccc1.CC(=O)OCC(CC(C)CCON1C(C)(C)CCCC1(C)C)c1ccccc1.CC(=O)OCC(ON1C(C)(C)CCCC1(C)C)c1ccccc1.CC1(C)CCCC(C)(C)N1OC(CO)c1ccccc1.N=N.N=[NH2+].O=S(=O)(O)O.O=S(Cl)Cl.[K+].[O-][Cl+2]([O-])[O-]. The third-order valence-corrected chi connectivity index (χ3v) is 20.7. The van der Waals surface area contributed by atoms with Crippen molar-refractivity contribution in [3.63, 3.8) is 0 Å². The number of piperidine rings is 4. The predicted octanol–water partition coefficient (Wildman–Crippen LogP) is 15.8. The molecule has 4 aliphatic rings. The van der Waals surface area contributed by atoms with Crippen LogP contribution in [0.5, 0.6) is 0 Å². The smallest absolute Gasteiger partial charge is 0.481 e. The average Bonchev–Trinajstić information content (AvgIpc) is 0.781. The number of hydrogen-bond donors (Lipinski definition) is 8. The van der Waals surface area contributed by atoms with Gasteiger partial charge in [-0.2, -0.15) is 34.2 Å². The number of benzene rings is 4. The Labute approximate surface area is 846 Å². The first-order valence-corrected chi connectivity index (χ1v) is 48.0. The van der Waals surface area contributed by atoms with Gasteiger partial charge in [0, 0.05) is 112 Å². The Morgan fingerprint density at radius 1 is 0.527 bits per heavy atom. The van der Waals surface area contributed by atoms with E-state index in [4.69, 9.17) is 95.8 Å². The number of rotatable bonds is 27. The van der Waals surface area contributed by atoms with Gasteiger partial charge < -0.3 is 38.4 Å². The first kappa shape index (κ1) is 137. The van der Waals surface area contributed by atoms with Crippen LogP contribution in [0.2, 0.25) is 0 Å². The summed E-state index contributed by atoms with van der Waals surface area (Å²) in [5.41, 5.74) is 25.8. The molecule has 0 spiro atoms. The molecule has 4 saturated heterocycles. The molecular weight excluding hydrogens is 1840 g/mol. The summed E-state index contributed by atoms with van der Waals surface area (Å²) in [5.74, 6) is -0.706. The number of aliphatic hydroxyl groups excluding tert-OH is 1. The minimum absolute atomic E-state index is 0. The van der Waals surface area contributed by atoms with E-state index in [1.54, 1.807) is 6.08 Å². The molecule has 746 valence electrons. The molecule has 4 aliphatic heterocycles. The summed E-state index contributed by atoms with van der Waals surface area (Å²) in [4.78, 5) is 77.2. The van der Waals surface area contributed by atoms with Crippen molar-refractivity contribution in [1.82, 2.24) is 20.3 Å². The van der Waals surface area contributed by atoms with E-state index >= 15 is 0 Å². The molecule has 0 radical (unpaired) electrons. The van der Waals surface area contributed by atoms with Crippen LogP contribution in [0.25, 0.3) is 0 Å². The topological polar surface area (TPSA) is 461 Å². The zero-order valence-corrected chi connectivity index (χ0v) is 89.5. The van der Waals surface area contributed by atoms with E-state index in [9.17, 15) is 24.3 Å². The minimum atomic E-state index is -4.67. The number of allylic oxidation sites excluding steroid dienone is 3. The molecule has 4 fully saturated rings. The van der Waals surface area contributed by atoms with Crippen LogP contribution >= 0.6 is 33.0 Å². The molecule has 0 saturated carbocycles. The Morgan fingerprint density at radius 3 is 1.04 bits per heavy atom. The van der Waals surface area contributed by atoms with Gasteiger partial charge in [0.25, 0.3) is 5.97 Å². The van der Waals surface area contributed by atoms with E-state index in [-0.39, 0.29) is 164 Å². The van der Waals surface area contributed by atoms with Gasteiger partial charge in [-0.25, -0.2) is 15.3 Å². The van der Waals surface area contributed by atoms with Crippen molar-refractivity contribution in [2.45, 2.75) is 338 Å². The van der Waals surface area contributed by atoms with Gasteiger partial charge in [0.1, 0.15) is 18.8 Å². The van der Waals surface area contributed by atoms with Crippen LogP contribution in [0, 0.1) is 33.3 Å². The standard InChI is InChI=1S/C24H39NO3.C24H37NO3.C19H29NO3.C17H27NO2.C5H8.C2H3ClO.C2H4O2.CH4.Cl2OS.ClO3.K.2H2N2.H2O4S/c2*1-19(13-16-28-25-23(3,4)14-10-15-24(25,5)6)17-22(18-27-20(2)26)21-11-8-7-9-12-21;1-15(21)22-14-17(16-10-7-6-8-11-16)23-20-18(2,3)12-9-13-19(20,4)5;1-16(2)11-8-12-17(3,4)18(16)20-15(13-19)14-9-6-5-7-10-14;1-4-5(2)3;2*1-2(3)4;;1-4(2)3;2-1(3)4;;2*1-2;1-5(2,3)4/h7-9,11-12,19,22H,10,13-18H2,1-6H3;7-9,11-13,22H,10,14-18H2,1-6H3;6-8,10-11,17H,9,12-14H2,1-5H3;5-7,9-10,15,19H,8,11-13H2,1-4H3;4H,1-2H2,3H3;1H3;1H3,(H,3,4);1H4;;;;2*1-2H;(H2,1,2,3,4)/q;;;;;;;;;-1;+1;;;/p+1. The van der Waals surface area contributed by atoms with Gasteiger partial charge >= 0.3 is 79.7 Å². The summed E-state index contributed by atoms with van der Waals surface area (Å²) in [7, 11) is -0.160. The Kier molecular flexibility index (Phi) is 73.9. The fraction of sp³-hybridized carbons (Fsp3) is 0.628. The number of ether oxygens (including phenoxy) is 3. The van der Waals surface area contributed by atoms with Crippen molar-refractivity contribution in [2.75, 3.05) is 39.6 Å². The van der Waals surface area contributed by atoms with Crippen molar-refractivity contribution in [2.24, 2.45) is 5.92 Å². The van der Waals surface area contributed by atoms with Crippen LogP contribution in [0.4, 0.5) is 0 Å². The molecule has 4 heterocycles. The molecule has 4 aromatic carbocycles. The number of carbonyl (C=O) groups excluding carboxylic acids is 4. The van der Waals surface area contributed by atoms with E-state index in [1.165, 1.54) is 82.9 Å². The molecule has 4 aromatic rings. The predicted molar refractivity (Wildman–Crippen MR) is 506 cm³/mol. The second-order valence-electron chi connectivity index (χ2n) is 36.3. The van der Waals surface area contributed by atoms with Crippen molar-refractivity contribution >= 4 is 81.7 Å². The maximum absolute atomic E-state index is 11.3. The van der Waals surface area contributed by atoms with Crippen molar-refractivity contribution in [3.8, 4) is 0 Å². The third-order valence-electron chi connectivity index (χ3n) is 20.7. The summed E-state index contributed by atoms with van der Waals surface area (Å²) in [5, 5.41) is 25.4. The molecule has 30 nitrogen and oxygen atoms in total. The molecule has 0 aliphatic carbocycles. The second kappa shape index (κ2) is 70.8. The van der Waals surface area contributed by atoms with Crippen LogP contribution in [0.15, 0.2) is 158 Å². The number of aliphatic hydroxyl groups is 1. The maximum atomic E-state index is 11.3. The molecule has 0 amide bonds. The number of aliphatic carboxylic acids is 1. The first-order valence-electron chi connectivity index (χ1n) is 42.5. The number of hydrogen-bond acceptors (Lipinski definition) is 26. The molecule has 9 N–H and O–H groups in total. The number of carboxylic acids is 1. The molecule has 0 bridgehead atoms. The molecule has 131 heavy (non-hydrogen) atoms. The van der Waals surface area contributed by atoms with E-state index in [0.29, 0.717) is 25.7 Å². The number of nitrogens with two attached hydrogens (primary N) is 1. The number of halogens is 4. The summed E-state index contributed by atoms with van der Waals surface area (Å²) < 4.78 is 81.8. The average molecular weight is 2000 g/mol. The number of nitrogens with one attached hydrogen (secondary N) is 3. The van der Waals surface area contributed by atoms with Crippen LogP contribution in [-0.2, 0) is 77.2 Å². The van der Waals surface area contributed by atoms with E-state index in [2.05, 4.69) is 227 Å². The maximum Gasteiger partial charge on any atom is 1.00 e. The van der Waals surface area contributed by atoms with Crippen LogP contribution in [0.3, 0.4) is 0 Å². The van der Waals surface area contributed by atoms with Crippen molar-refractivity contribution < 1.29 is 171 Å². The summed E-state index contributed by atoms with van der Waals surface area (Å²) in [6.07, 6.45) is 20.1. The molecule has 0 aromatic heterocycles. The fourth-order valence-electron chi connectivity index (χ4n) is 15.5. The van der Waals surface area contributed by atoms with Crippen LogP contribution in [-0.4, -0.2) is 165 Å². The largest absolute Gasteiger partial charge is 1.00 e. The van der Waals surface area contributed by atoms with Crippen LogP contribution < -0.4 is 70.9 Å². The molecule has 5 atom stereocenters. The quantitative estimate of drug-likeness (QED) is 0.00402. The normalized spacial score (nSPS) is 18.0. The number of carbonyl (C=O) groups is 5. The molecule has 37 heteroatoms. The second-order valence-corrected chi connectivity index (χ2v) is 40.6. The van der Waals surface area contributed by atoms with Gasteiger partial charge in [0.05, 0.1) is 43.8 Å². The summed E-state index contributed by atoms with van der Waals surface area (Å²) in [6, 6.07) is 40.5. The first-order chi connectivity index (χ1) is 59.5. The molecular formula is C94H158Cl4KN8O22S2+. The number of hydroxylamine groups is 8. The number of esters is 3. The van der Waals surface area contributed by atoms with Crippen LogP contribution in [0.1, 0.15) is 316 Å². The Hall–Kier alpha value is -4.81. The van der Waals surface area contributed by atoms with E-state index < -0.39 is 36.4 Å². The summed E-state index contributed by atoms with van der Waals surface area (Å²) >= 11 is 4.64. The van der Waals surface area contributed by atoms with Crippen molar-refractivity contribution in [1.29, 1.82) is 16.6 Å². The minimum Gasteiger partial charge on any atom is -0.481 e. The van der Waals surface area contributed by atoms with Gasteiger partial charge in [-0.1, -0.05) is 178 Å². The zero-order chi connectivity index (χ0) is 101. The Morgan fingerprint density at radius 2 is 0.763 bits per heavy atom. The zero-order valence-electron chi connectivity index (χ0n) is 81.7. The Balaban J connectivity index is -0.000000359. The Bertz CT molecular complexity index is 3850. The molecule has 8 rings (SSSR count). The van der Waals surface area contributed by atoms with Gasteiger partial charge in [-0.3, -0.25) is 52.4 Å². The fourth-order valence-corrected chi connectivity index (χ4v) is 15.5. The number of carboxylic acid groups (broad SMARTS) is 1. The monoisotopic (exact) mass is 1990 g/mol. The summed E-state index contributed by atoms with van der Waals surface area (Å²) in [6.45, 7) is 58.3. The van der Waals surface area contributed by atoms with Gasteiger partial charge in [0.2, 0.25) is 14.5 Å². The number of nitrogens with zero attached hydrogens (tertiary/aromatic N) is 4. The van der Waals surface area contributed by atoms with Gasteiger partial charge in [-0.05, 0) is 261 Å². The molecule has 5 unspecified atom stereocenters. The van der Waals surface area contributed by atoms with Gasteiger partial charge in [0.15, 0.2) is 0 Å². The van der Waals surface area contributed by atoms with Crippen molar-refractivity contribution in [3.05, 3.63) is 180 Å². The van der Waals surface area contributed by atoms with E-state index in [0.717, 1.165) is 88.0 Å². The van der Waals surface area contributed by atoms with E-state index in [1.807, 2.05) is 104 Å². The van der Waals surface area contributed by atoms with Gasteiger partial charge in [-0.15, -0.1) is 0 Å².